The average molecular weight is 287 g/mol. The molecule has 5 nitrogen and oxygen atoms in total. The number of methoxy groups -OCH3 is 1. The Hall–Kier alpha value is -2.27. The summed E-state index contributed by atoms with van der Waals surface area (Å²) in [6, 6.07) is 11.5. The summed E-state index contributed by atoms with van der Waals surface area (Å²) in [4.78, 5) is 12.2. The van der Waals surface area contributed by atoms with Crippen molar-refractivity contribution in [3.8, 4) is 5.75 Å². The number of nitrogens with zero attached hydrogens (tertiary/aromatic N) is 1. The summed E-state index contributed by atoms with van der Waals surface area (Å²) in [5.74, 6) is 0.572. The molecule has 2 aromatic rings. The van der Waals surface area contributed by atoms with Crippen molar-refractivity contribution in [1.29, 1.82) is 0 Å². The molecular formula is C16H21N3O2. The van der Waals surface area contributed by atoms with E-state index in [0.29, 0.717) is 11.4 Å². The van der Waals surface area contributed by atoms with Gasteiger partial charge in [0.05, 0.1) is 12.8 Å². The lowest BCUT2D eigenvalue weighted by Crippen LogP contribution is -2.23. The van der Waals surface area contributed by atoms with Gasteiger partial charge in [-0.15, -0.1) is 0 Å². The van der Waals surface area contributed by atoms with Gasteiger partial charge in [0.25, 0.3) is 0 Å². The first kappa shape index (κ1) is 15.1. The van der Waals surface area contributed by atoms with Gasteiger partial charge in [0.15, 0.2) is 0 Å². The van der Waals surface area contributed by atoms with Crippen LogP contribution in [0.25, 0.3) is 0 Å². The van der Waals surface area contributed by atoms with Crippen LogP contribution in [0.2, 0.25) is 0 Å². The SMILES string of the molecule is CNC(C)c1cccn1CC(=O)Nc1ccccc1OC. The third-order valence-electron chi connectivity index (χ3n) is 3.44. The van der Waals surface area contributed by atoms with Gasteiger partial charge in [-0.05, 0) is 38.2 Å². The molecule has 0 saturated heterocycles. The number of hydrogen-bond donors (Lipinski definition) is 2. The van der Waals surface area contributed by atoms with E-state index in [4.69, 9.17) is 4.74 Å². The molecule has 0 aliphatic carbocycles. The summed E-state index contributed by atoms with van der Waals surface area (Å²) in [6.45, 7) is 2.33. The van der Waals surface area contributed by atoms with E-state index in [2.05, 4.69) is 17.6 Å². The number of nitrogens with one attached hydrogen (secondary N) is 2. The number of benzene rings is 1. The molecule has 0 aliphatic rings. The Bertz CT molecular complexity index is 607. The maximum absolute atomic E-state index is 12.2. The first-order chi connectivity index (χ1) is 10.2. The zero-order valence-electron chi connectivity index (χ0n) is 12.6. The molecule has 0 radical (unpaired) electrons. The van der Waals surface area contributed by atoms with Crippen LogP contribution in [-0.2, 0) is 11.3 Å². The topological polar surface area (TPSA) is 55.3 Å². The minimum atomic E-state index is -0.0831. The fourth-order valence-electron chi connectivity index (χ4n) is 2.20. The maximum atomic E-state index is 12.2. The van der Waals surface area contributed by atoms with Crippen molar-refractivity contribution in [2.24, 2.45) is 0 Å². The van der Waals surface area contributed by atoms with Crippen molar-refractivity contribution < 1.29 is 9.53 Å². The van der Waals surface area contributed by atoms with Gasteiger partial charge in [0.1, 0.15) is 12.3 Å². The molecule has 0 bridgehead atoms. The number of rotatable bonds is 6. The molecule has 5 heteroatoms. The first-order valence-corrected chi connectivity index (χ1v) is 6.91. The van der Waals surface area contributed by atoms with Crippen LogP contribution >= 0.6 is 0 Å². The molecule has 1 unspecified atom stereocenters. The van der Waals surface area contributed by atoms with Gasteiger partial charge in [-0.1, -0.05) is 12.1 Å². The maximum Gasteiger partial charge on any atom is 0.244 e. The van der Waals surface area contributed by atoms with Crippen LogP contribution in [0.15, 0.2) is 42.6 Å². The Morgan fingerprint density at radius 1 is 1.29 bits per heavy atom. The second-order valence-corrected chi connectivity index (χ2v) is 4.82. The molecule has 1 amide bonds. The summed E-state index contributed by atoms with van der Waals surface area (Å²) in [5.41, 5.74) is 1.76. The van der Waals surface area contributed by atoms with E-state index in [1.54, 1.807) is 7.11 Å². The summed E-state index contributed by atoms with van der Waals surface area (Å²) in [5, 5.41) is 6.06. The summed E-state index contributed by atoms with van der Waals surface area (Å²) in [6.07, 6.45) is 1.91. The van der Waals surface area contributed by atoms with Crippen LogP contribution < -0.4 is 15.4 Å². The highest BCUT2D eigenvalue weighted by atomic mass is 16.5. The highest BCUT2D eigenvalue weighted by Gasteiger charge is 2.12. The molecule has 1 aromatic carbocycles. The van der Waals surface area contributed by atoms with E-state index in [-0.39, 0.29) is 18.5 Å². The van der Waals surface area contributed by atoms with Crippen molar-refractivity contribution in [3.63, 3.8) is 0 Å². The third-order valence-corrected chi connectivity index (χ3v) is 3.44. The van der Waals surface area contributed by atoms with Crippen LogP contribution in [0, 0.1) is 0 Å². The molecule has 21 heavy (non-hydrogen) atoms. The fourth-order valence-corrected chi connectivity index (χ4v) is 2.20. The number of ether oxygens (including phenoxy) is 1. The zero-order valence-corrected chi connectivity index (χ0v) is 12.6. The monoisotopic (exact) mass is 287 g/mol. The van der Waals surface area contributed by atoms with E-state index in [0.717, 1.165) is 5.69 Å². The van der Waals surface area contributed by atoms with Crippen molar-refractivity contribution in [3.05, 3.63) is 48.3 Å². The standard InChI is InChI=1S/C16H21N3O2/c1-12(17-2)14-8-6-10-19(14)11-16(20)18-13-7-4-5-9-15(13)21-3/h4-10,12,17H,11H2,1-3H3,(H,18,20). The number of anilines is 1. The predicted molar refractivity (Wildman–Crippen MR) is 83.5 cm³/mol. The molecule has 0 saturated carbocycles. The number of carbonyl (C=O) groups excluding carboxylic acids is 1. The Morgan fingerprint density at radius 3 is 2.76 bits per heavy atom. The van der Waals surface area contributed by atoms with Crippen molar-refractivity contribution in [2.75, 3.05) is 19.5 Å². The zero-order chi connectivity index (χ0) is 15.2. The van der Waals surface area contributed by atoms with E-state index < -0.39 is 0 Å². The molecule has 2 rings (SSSR count). The molecular weight excluding hydrogens is 266 g/mol. The molecule has 1 aromatic heterocycles. The van der Waals surface area contributed by atoms with Gasteiger partial charge in [-0.2, -0.15) is 0 Å². The summed E-state index contributed by atoms with van der Waals surface area (Å²) in [7, 11) is 3.49. The summed E-state index contributed by atoms with van der Waals surface area (Å²) >= 11 is 0. The fraction of sp³-hybridized carbons (Fsp3) is 0.312. The van der Waals surface area contributed by atoms with Gasteiger partial charge in [-0.3, -0.25) is 4.79 Å². The normalized spacial score (nSPS) is 12.0. The van der Waals surface area contributed by atoms with Crippen molar-refractivity contribution in [2.45, 2.75) is 19.5 Å². The molecule has 0 aliphatic heterocycles. The predicted octanol–water partition coefficient (Wildman–Crippen LogP) is 2.42. The Kier molecular flexibility index (Phi) is 5.00. The van der Waals surface area contributed by atoms with Gasteiger partial charge in [-0.25, -0.2) is 0 Å². The smallest absolute Gasteiger partial charge is 0.244 e. The minimum absolute atomic E-state index is 0.0831. The number of amides is 1. The van der Waals surface area contributed by atoms with E-state index >= 15 is 0 Å². The average Bonchev–Trinajstić information content (AvgIpc) is 2.95. The molecule has 1 atom stereocenters. The number of para-hydroxylation sites is 2. The minimum Gasteiger partial charge on any atom is -0.495 e. The number of carbonyl (C=O) groups is 1. The second kappa shape index (κ2) is 6.95. The molecule has 2 N–H and O–H groups in total. The van der Waals surface area contributed by atoms with Gasteiger partial charge in [0, 0.05) is 17.9 Å². The van der Waals surface area contributed by atoms with Crippen molar-refractivity contribution >= 4 is 11.6 Å². The molecule has 112 valence electrons. The highest BCUT2D eigenvalue weighted by Crippen LogP contribution is 2.23. The Labute approximate surface area is 124 Å². The Balaban J connectivity index is 2.07. The van der Waals surface area contributed by atoms with Crippen LogP contribution in [0.3, 0.4) is 0 Å². The van der Waals surface area contributed by atoms with Crippen LogP contribution in [-0.4, -0.2) is 24.6 Å². The quantitative estimate of drug-likeness (QED) is 0.858. The van der Waals surface area contributed by atoms with Crippen LogP contribution in [0.5, 0.6) is 5.75 Å². The lowest BCUT2D eigenvalue weighted by Gasteiger charge is -2.15. The van der Waals surface area contributed by atoms with E-state index in [1.807, 2.05) is 54.2 Å². The number of aromatic nitrogens is 1. The van der Waals surface area contributed by atoms with Crippen molar-refractivity contribution in [1.82, 2.24) is 9.88 Å². The van der Waals surface area contributed by atoms with Crippen LogP contribution in [0.4, 0.5) is 5.69 Å². The van der Waals surface area contributed by atoms with Gasteiger partial charge < -0.3 is 19.9 Å². The lowest BCUT2D eigenvalue weighted by molar-refractivity contribution is -0.116. The number of hydrogen-bond acceptors (Lipinski definition) is 3. The van der Waals surface area contributed by atoms with Gasteiger partial charge in [0.2, 0.25) is 5.91 Å². The summed E-state index contributed by atoms with van der Waals surface area (Å²) < 4.78 is 7.17. The third kappa shape index (κ3) is 3.64. The highest BCUT2D eigenvalue weighted by molar-refractivity contribution is 5.92. The lowest BCUT2D eigenvalue weighted by atomic mass is 10.2. The molecule has 0 fully saturated rings. The second-order valence-electron chi connectivity index (χ2n) is 4.82. The molecule has 0 spiro atoms. The molecule has 1 heterocycles. The Morgan fingerprint density at radius 2 is 2.05 bits per heavy atom. The largest absolute Gasteiger partial charge is 0.495 e. The van der Waals surface area contributed by atoms with Gasteiger partial charge >= 0.3 is 0 Å². The van der Waals surface area contributed by atoms with Crippen LogP contribution in [0.1, 0.15) is 18.7 Å². The first-order valence-electron chi connectivity index (χ1n) is 6.91. The van der Waals surface area contributed by atoms with E-state index in [9.17, 15) is 4.79 Å². The van der Waals surface area contributed by atoms with E-state index in [1.165, 1.54) is 0 Å².